The lowest BCUT2D eigenvalue weighted by molar-refractivity contribution is 0.0268. The molecule has 2 heterocycles. The first-order valence-electron chi connectivity index (χ1n) is 9.86. The molecule has 2 atom stereocenters. The van der Waals surface area contributed by atoms with E-state index in [1.807, 2.05) is 32.9 Å². The van der Waals surface area contributed by atoms with E-state index in [0.717, 1.165) is 37.4 Å². The number of piperidine rings is 1. The summed E-state index contributed by atoms with van der Waals surface area (Å²) in [5, 5.41) is 11.3. The van der Waals surface area contributed by atoms with Crippen molar-refractivity contribution in [1.29, 1.82) is 0 Å². The van der Waals surface area contributed by atoms with Crippen molar-refractivity contribution in [3.8, 4) is 0 Å². The second kappa shape index (κ2) is 8.38. The van der Waals surface area contributed by atoms with Crippen molar-refractivity contribution in [2.24, 2.45) is 5.92 Å². The van der Waals surface area contributed by atoms with Gasteiger partial charge in [0.05, 0.1) is 18.7 Å². The third-order valence-electron chi connectivity index (χ3n) is 5.47. The number of carbonyl (C=O) groups excluding carboxylic acids is 1. The molecule has 1 aromatic rings. The first-order chi connectivity index (χ1) is 12.7. The zero-order chi connectivity index (χ0) is 19.6. The number of β-amino-alcohol motifs (C(OH)–C–C–N with tert-alkyl or cyclic N) is 1. The van der Waals surface area contributed by atoms with Gasteiger partial charge in [-0.1, -0.05) is 23.7 Å². The maximum absolute atomic E-state index is 12.3. The van der Waals surface area contributed by atoms with E-state index in [1.54, 1.807) is 4.90 Å². The van der Waals surface area contributed by atoms with Crippen LogP contribution in [0.4, 0.5) is 4.79 Å². The van der Waals surface area contributed by atoms with Crippen LogP contribution in [0.1, 0.15) is 39.2 Å². The summed E-state index contributed by atoms with van der Waals surface area (Å²) in [7, 11) is 0. The molecule has 1 N–H and O–H groups in total. The maximum atomic E-state index is 12.3. The molecule has 0 spiro atoms. The summed E-state index contributed by atoms with van der Waals surface area (Å²) < 4.78 is 5.45. The fraction of sp³-hybridized carbons (Fsp3) is 0.667. The van der Waals surface area contributed by atoms with E-state index in [2.05, 4.69) is 17.0 Å². The highest BCUT2D eigenvalue weighted by Gasteiger charge is 2.40. The lowest BCUT2D eigenvalue weighted by Gasteiger charge is -2.37. The monoisotopic (exact) mass is 394 g/mol. The molecule has 0 aromatic heterocycles. The summed E-state index contributed by atoms with van der Waals surface area (Å²) in [6.45, 7) is 8.40. The second-order valence-corrected chi connectivity index (χ2v) is 9.27. The Bertz CT molecular complexity index is 636. The van der Waals surface area contributed by atoms with Gasteiger partial charge in [-0.05, 0) is 76.7 Å². The number of aliphatic hydroxyl groups excluding tert-OH is 1. The number of rotatable bonds is 3. The first kappa shape index (κ1) is 20.4. The number of hydrogen-bond donors (Lipinski definition) is 1. The van der Waals surface area contributed by atoms with Gasteiger partial charge in [0, 0.05) is 11.6 Å². The molecule has 2 unspecified atom stereocenters. The Hall–Kier alpha value is -1.30. The van der Waals surface area contributed by atoms with Crippen molar-refractivity contribution in [2.45, 2.75) is 57.8 Å². The molecule has 2 aliphatic heterocycles. The SMILES string of the molecule is CC(C)(C)OC(=O)N1CC(O)C(N2CCC(Cc3ccc(Cl)cc3)CC2)C1. The zero-order valence-electron chi connectivity index (χ0n) is 16.5. The van der Waals surface area contributed by atoms with E-state index in [9.17, 15) is 9.90 Å². The van der Waals surface area contributed by atoms with Crippen LogP contribution in [0.3, 0.4) is 0 Å². The molecular weight excluding hydrogens is 364 g/mol. The van der Waals surface area contributed by atoms with Crippen LogP contribution >= 0.6 is 11.6 Å². The molecule has 0 aliphatic carbocycles. The van der Waals surface area contributed by atoms with Crippen molar-refractivity contribution in [2.75, 3.05) is 26.2 Å². The van der Waals surface area contributed by atoms with Gasteiger partial charge in [0.1, 0.15) is 5.60 Å². The van der Waals surface area contributed by atoms with Crippen LogP contribution in [0.5, 0.6) is 0 Å². The zero-order valence-corrected chi connectivity index (χ0v) is 17.3. The quantitative estimate of drug-likeness (QED) is 0.851. The third kappa shape index (κ3) is 5.59. The summed E-state index contributed by atoms with van der Waals surface area (Å²) in [5.74, 6) is 0.655. The fourth-order valence-electron chi connectivity index (χ4n) is 4.05. The average Bonchev–Trinajstić information content (AvgIpc) is 2.98. The van der Waals surface area contributed by atoms with Crippen LogP contribution < -0.4 is 0 Å². The van der Waals surface area contributed by atoms with Crippen LogP contribution in [0.2, 0.25) is 5.02 Å². The Morgan fingerprint density at radius 2 is 1.81 bits per heavy atom. The van der Waals surface area contributed by atoms with Crippen molar-refractivity contribution >= 4 is 17.7 Å². The van der Waals surface area contributed by atoms with Gasteiger partial charge in [0.15, 0.2) is 0 Å². The highest BCUT2D eigenvalue weighted by molar-refractivity contribution is 6.30. The molecule has 5 nitrogen and oxygen atoms in total. The van der Waals surface area contributed by atoms with Gasteiger partial charge in [-0.2, -0.15) is 0 Å². The number of carbonyl (C=O) groups is 1. The number of ether oxygens (including phenoxy) is 1. The lowest BCUT2D eigenvalue weighted by atomic mass is 9.89. The van der Waals surface area contributed by atoms with E-state index < -0.39 is 11.7 Å². The molecule has 150 valence electrons. The molecule has 1 aromatic carbocycles. The smallest absolute Gasteiger partial charge is 0.410 e. The summed E-state index contributed by atoms with van der Waals surface area (Å²) in [4.78, 5) is 16.3. The van der Waals surface area contributed by atoms with Crippen molar-refractivity contribution in [3.63, 3.8) is 0 Å². The number of benzene rings is 1. The number of amides is 1. The van der Waals surface area contributed by atoms with Crippen molar-refractivity contribution in [1.82, 2.24) is 9.80 Å². The molecule has 0 bridgehead atoms. The Kier molecular flexibility index (Phi) is 6.34. The van der Waals surface area contributed by atoms with E-state index in [1.165, 1.54) is 5.56 Å². The largest absolute Gasteiger partial charge is 0.444 e. The topological polar surface area (TPSA) is 53.0 Å². The fourth-order valence-corrected chi connectivity index (χ4v) is 4.17. The number of halogens is 1. The van der Waals surface area contributed by atoms with E-state index in [4.69, 9.17) is 16.3 Å². The third-order valence-corrected chi connectivity index (χ3v) is 5.72. The van der Waals surface area contributed by atoms with Gasteiger partial charge in [0.25, 0.3) is 0 Å². The molecule has 0 saturated carbocycles. The van der Waals surface area contributed by atoms with E-state index in [-0.39, 0.29) is 12.1 Å². The molecule has 2 saturated heterocycles. The van der Waals surface area contributed by atoms with Gasteiger partial charge in [-0.15, -0.1) is 0 Å². The highest BCUT2D eigenvalue weighted by Crippen LogP contribution is 2.27. The minimum atomic E-state index is -0.514. The molecule has 2 aliphatic rings. The Labute approximate surface area is 167 Å². The maximum Gasteiger partial charge on any atom is 0.410 e. The molecule has 6 heteroatoms. The standard InChI is InChI=1S/C21H31ClN2O3/c1-21(2,3)27-20(26)24-13-18(19(25)14-24)23-10-8-16(9-11-23)12-15-4-6-17(22)7-5-15/h4-7,16,18-19,25H,8-14H2,1-3H3. The summed E-state index contributed by atoms with van der Waals surface area (Å²) in [5.41, 5.74) is 0.815. The molecule has 27 heavy (non-hydrogen) atoms. The Morgan fingerprint density at radius 1 is 1.19 bits per heavy atom. The number of nitrogens with zero attached hydrogens (tertiary/aromatic N) is 2. The molecule has 1 amide bonds. The van der Waals surface area contributed by atoms with Gasteiger partial charge >= 0.3 is 6.09 Å². The minimum Gasteiger partial charge on any atom is -0.444 e. The lowest BCUT2D eigenvalue weighted by Crippen LogP contribution is -2.47. The van der Waals surface area contributed by atoms with Gasteiger partial charge in [0.2, 0.25) is 0 Å². The number of hydrogen-bond acceptors (Lipinski definition) is 4. The van der Waals surface area contributed by atoms with Crippen LogP contribution in [0, 0.1) is 5.92 Å². The van der Waals surface area contributed by atoms with Crippen LogP contribution in [0.15, 0.2) is 24.3 Å². The van der Waals surface area contributed by atoms with Crippen molar-refractivity contribution in [3.05, 3.63) is 34.9 Å². The van der Waals surface area contributed by atoms with E-state index in [0.29, 0.717) is 19.0 Å². The predicted octanol–water partition coefficient (Wildman–Crippen LogP) is 3.57. The van der Waals surface area contributed by atoms with Crippen molar-refractivity contribution < 1.29 is 14.6 Å². The highest BCUT2D eigenvalue weighted by atomic mass is 35.5. The average molecular weight is 395 g/mol. The molecule has 0 radical (unpaired) electrons. The van der Waals surface area contributed by atoms with Crippen LogP contribution in [-0.2, 0) is 11.2 Å². The normalized spacial score (nSPS) is 25.0. The summed E-state index contributed by atoms with van der Waals surface area (Å²) >= 11 is 5.96. The predicted molar refractivity (Wildman–Crippen MR) is 107 cm³/mol. The van der Waals surface area contributed by atoms with Gasteiger partial charge < -0.3 is 14.7 Å². The summed E-state index contributed by atoms with van der Waals surface area (Å²) in [6, 6.07) is 8.12. The van der Waals surface area contributed by atoms with Gasteiger partial charge in [-0.3, -0.25) is 4.90 Å². The summed E-state index contributed by atoms with van der Waals surface area (Å²) in [6.07, 6.45) is 2.45. The molecule has 2 fully saturated rings. The van der Waals surface area contributed by atoms with Crippen LogP contribution in [-0.4, -0.2) is 64.9 Å². The Balaban J connectivity index is 1.49. The second-order valence-electron chi connectivity index (χ2n) is 8.83. The molecular formula is C21H31ClN2O3. The minimum absolute atomic E-state index is 0.00833. The number of likely N-dealkylation sites (tertiary alicyclic amines) is 2. The number of aliphatic hydroxyl groups is 1. The van der Waals surface area contributed by atoms with Crippen LogP contribution in [0.25, 0.3) is 0 Å². The van der Waals surface area contributed by atoms with Gasteiger partial charge in [-0.25, -0.2) is 4.79 Å². The first-order valence-corrected chi connectivity index (χ1v) is 10.2. The van der Waals surface area contributed by atoms with E-state index >= 15 is 0 Å². The Morgan fingerprint density at radius 3 is 2.41 bits per heavy atom. The molecule has 3 rings (SSSR count).